The summed E-state index contributed by atoms with van der Waals surface area (Å²) in [5.41, 5.74) is 0.610. The van der Waals surface area contributed by atoms with Crippen LogP contribution in [0.5, 0.6) is 0 Å². The zero-order valence-electron chi connectivity index (χ0n) is 14.9. The number of hydrogen-bond acceptors (Lipinski definition) is 4. The van der Waals surface area contributed by atoms with E-state index in [4.69, 9.17) is 0 Å². The van der Waals surface area contributed by atoms with Gasteiger partial charge in [-0.2, -0.15) is 5.10 Å². The lowest BCUT2D eigenvalue weighted by Gasteiger charge is -2.34. The smallest absolute Gasteiger partial charge is 0.317 e. The minimum absolute atomic E-state index is 0.0325. The molecule has 8 nitrogen and oxygen atoms in total. The first-order chi connectivity index (χ1) is 12.6. The maximum atomic E-state index is 12.5. The highest BCUT2D eigenvalue weighted by molar-refractivity contribution is 5.79. The number of nitrogens with zero attached hydrogens (tertiary/aromatic N) is 4. The predicted molar refractivity (Wildman–Crippen MR) is 97.8 cm³/mol. The Hall–Kier alpha value is -2.90. The summed E-state index contributed by atoms with van der Waals surface area (Å²) >= 11 is 0. The zero-order chi connectivity index (χ0) is 18.5. The zero-order valence-corrected chi connectivity index (χ0v) is 14.9. The summed E-state index contributed by atoms with van der Waals surface area (Å²) < 4.78 is 1.69. The van der Waals surface area contributed by atoms with Crippen LogP contribution in [0.25, 0.3) is 10.9 Å². The quantitative estimate of drug-likeness (QED) is 0.871. The molecule has 0 bridgehead atoms. The summed E-state index contributed by atoms with van der Waals surface area (Å²) in [5.74, 6) is 0.0325. The van der Waals surface area contributed by atoms with Crippen molar-refractivity contribution < 1.29 is 9.59 Å². The summed E-state index contributed by atoms with van der Waals surface area (Å²) in [6, 6.07) is 7.18. The van der Waals surface area contributed by atoms with Crippen molar-refractivity contribution >= 4 is 22.8 Å². The van der Waals surface area contributed by atoms with E-state index in [1.54, 1.807) is 20.5 Å². The number of urea groups is 1. The molecule has 0 saturated carbocycles. The Morgan fingerprint density at radius 2 is 1.81 bits per heavy atom. The number of hydrogen-bond donors (Lipinski definition) is 1. The Morgan fingerprint density at radius 3 is 2.54 bits per heavy atom. The first-order valence-electron chi connectivity index (χ1n) is 8.85. The molecule has 3 rings (SSSR count). The summed E-state index contributed by atoms with van der Waals surface area (Å²) in [6.45, 7) is 5.04. The van der Waals surface area contributed by atoms with Crippen LogP contribution in [0, 0.1) is 0 Å². The van der Waals surface area contributed by atoms with Crippen molar-refractivity contribution in [1.29, 1.82) is 0 Å². The van der Waals surface area contributed by atoms with Crippen molar-refractivity contribution in [3.8, 4) is 0 Å². The van der Waals surface area contributed by atoms with Crippen molar-refractivity contribution in [2.75, 3.05) is 32.7 Å². The van der Waals surface area contributed by atoms with Crippen LogP contribution in [0.15, 0.2) is 35.3 Å². The van der Waals surface area contributed by atoms with Gasteiger partial charge in [0.1, 0.15) is 0 Å². The summed E-state index contributed by atoms with van der Waals surface area (Å²) in [7, 11) is 0. The van der Waals surface area contributed by atoms with Gasteiger partial charge >= 0.3 is 6.03 Å². The molecule has 8 heteroatoms. The van der Waals surface area contributed by atoms with Crippen molar-refractivity contribution in [1.82, 2.24) is 24.9 Å². The molecule has 0 radical (unpaired) electrons. The molecule has 0 unspecified atom stereocenters. The number of amides is 3. The number of benzene rings is 1. The minimum atomic E-state index is -0.121. The van der Waals surface area contributed by atoms with E-state index in [1.165, 1.54) is 6.20 Å². The average molecular weight is 357 g/mol. The second-order valence-corrected chi connectivity index (χ2v) is 6.20. The second kappa shape index (κ2) is 7.99. The van der Waals surface area contributed by atoms with Crippen LogP contribution in [0.2, 0.25) is 0 Å². The molecule has 2 heterocycles. The maximum Gasteiger partial charge on any atom is 0.317 e. The Balaban J connectivity index is 1.58. The van der Waals surface area contributed by atoms with Crippen LogP contribution in [0.4, 0.5) is 4.79 Å². The van der Waals surface area contributed by atoms with Crippen LogP contribution < -0.4 is 10.7 Å². The minimum Gasteiger partial charge on any atom is -0.339 e. The van der Waals surface area contributed by atoms with Crippen LogP contribution in [0.3, 0.4) is 0 Å². The van der Waals surface area contributed by atoms with Crippen molar-refractivity contribution in [3.63, 3.8) is 0 Å². The van der Waals surface area contributed by atoms with Gasteiger partial charge in [0.15, 0.2) is 0 Å². The fourth-order valence-electron chi connectivity index (χ4n) is 3.12. The van der Waals surface area contributed by atoms with Crippen LogP contribution in [0.1, 0.15) is 13.3 Å². The summed E-state index contributed by atoms with van der Waals surface area (Å²) in [5, 5.41) is 7.53. The number of carbonyl (C=O) groups is 2. The first-order valence-corrected chi connectivity index (χ1v) is 8.85. The molecular formula is C18H23N5O3. The van der Waals surface area contributed by atoms with Crippen LogP contribution in [-0.4, -0.2) is 64.2 Å². The molecular weight excluding hydrogens is 334 g/mol. The van der Waals surface area contributed by atoms with Crippen molar-refractivity contribution in [2.45, 2.75) is 19.9 Å². The van der Waals surface area contributed by atoms with E-state index in [-0.39, 0.29) is 17.4 Å². The van der Waals surface area contributed by atoms with Crippen LogP contribution in [-0.2, 0) is 11.3 Å². The molecule has 1 aromatic heterocycles. The molecule has 1 N–H and O–H groups in total. The molecule has 26 heavy (non-hydrogen) atoms. The number of fused-ring (bicyclic) bond motifs is 1. The van der Waals surface area contributed by atoms with Gasteiger partial charge in [0, 0.05) is 44.5 Å². The van der Waals surface area contributed by atoms with Gasteiger partial charge in [-0.1, -0.05) is 12.1 Å². The molecule has 1 aromatic carbocycles. The highest BCUT2D eigenvalue weighted by atomic mass is 16.2. The Labute approximate surface area is 151 Å². The van der Waals surface area contributed by atoms with E-state index in [0.717, 1.165) is 5.52 Å². The average Bonchev–Trinajstić information content (AvgIpc) is 2.68. The van der Waals surface area contributed by atoms with Gasteiger partial charge in [0.2, 0.25) is 11.3 Å². The van der Waals surface area contributed by atoms with Gasteiger partial charge in [-0.3, -0.25) is 14.3 Å². The largest absolute Gasteiger partial charge is 0.339 e. The highest BCUT2D eigenvalue weighted by Crippen LogP contribution is 2.10. The number of para-hydroxylation sites is 1. The molecule has 1 aliphatic heterocycles. The fourth-order valence-corrected chi connectivity index (χ4v) is 3.12. The number of aryl methyl sites for hydroxylation is 1. The lowest BCUT2D eigenvalue weighted by atomic mass is 10.2. The van der Waals surface area contributed by atoms with Gasteiger partial charge in [-0.15, -0.1) is 0 Å². The molecule has 0 aliphatic carbocycles. The second-order valence-electron chi connectivity index (χ2n) is 6.20. The van der Waals surface area contributed by atoms with Crippen LogP contribution >= 0.6 is 0 Å². The Morgan fingerprint density at radius 1 is 1.12 bits per heavy atom. The van der Waals surface area contributed by atoms with Gasteiger partial charge in [0.05, 0.1) is 18.3 Å². The monoisotopic (exact) mass is 357 g/mol. The third kappa shape index (κ3) is 3.84. The standard InChI is InChI=1S/C18H23N5O3/c1-2-19-18(26)22-11-9-21(10-12-22)17(25)7-8-23-15-6-4-3-5-14(15)16(24)13-20-23/h3-6,13H,2,7-12H2,1H3,(H,19,26). The fraction of sp³-hybridized carbons (Fsp3) is 0.444. The molecule has 1 aliphatic rings. The van der Waals surface area contributed by atoms with Gasteiger partial charge in [-0.25, -0.2) is 4.79 Å². The normalized spacial score (nSPS) is 14.5. The van der Waals surface area contributed by atoms with E-state index in [0.29, 0.717) is 51.1 Å². The van der Waals surface area contributed by atoms with Gasteiger partial charge < -0.3 is 15.1 Å². The molecule has 3 amide bonds. The molecule has 138 valence electrons. The Bertz CT molecular complexity index is 855. The first kappa shape index (κ1) is 17.9. The molecule has 0 atom stereocenters. The number of nitrogens with one attached hydrogen (secondary N) is 1. The van der Waals surface area contributed by atoms with E-state index in [9.17, 15) is 14.4 Å². The molecule has 2 aromatic rings. The Kier molecular flexibility index (Phi) is 5.50. The predicted octanol–water partition coefficient (Wildman–Crippen LogP) is 0.660. The molecule has 1 fully saturated rings. The maximum absolute atomic E-state index is 12.5. The highest BCUT2D eigenvalue weighted by Gasteiger charge is 2.23. The number of aromatic nitrogens is 2. The van der Waals surface area contributed by atoms with E-state index < -0.39 is 0 Å². The number of rotatable bonds is 4. The van der Waals surface area contributed by atoms with Crippen molar-refractivity contribution in [2.24, 2.45) is 0 Å². The molecule has 0 spiro atoms. The van der Waals surface area contributed by atoms with Gasteiger partial charge in [0.25, 0.3) is 0 Å². The lowest BCUT2D eigenvalue weighted by Crippen LogP contribution is -2.53. The van der Waals surface area contributed by atoms with E-state index in [2.05, 4.69) is 10.4 Å². The lowest BCUT2D eigenvalue weighted by molar-refractivity contribution is -0.132. The molecule has 1 saturated heterocycles. The topological polar surface area (TPSA) is 87.5 Å². The number of piperazine rings is 1. The van der Waals surface area contributed by atoms with E-state index in [1.807, 2.05) is 25.1 Å². The third-order valence-electron chi connectivity index (χ3n) is 4.55. The summed E-state index contributed by atoms with van der Waals surface area (Å²) in [6.07, 6.45) is 1.60. The number of carbonyl (C=O) groups excluding carboxylic acids is 2. The van der Waals surface area contributed by atoms with Crippen molar-refractivity contribution in [3.05, 3.63) is 40.7 Å². The summed E-state index contributed by atoms with van der Waals surface area (Å²) in [4.78, 5) is 39.7. The third-order valence-corrected chi connectivity index (χ3v) is 4.55. The SMILES string of the molecule is CCNC(=O)N1CCN(C(=O)CCn2ncc(=O)c3ccccc32)CC1. The van der Waals surface area contributed by atoms with E-state index >= 15 is 0 Å². The van der Waals surface area contributed by atoms with Gasteiger partial charge in [-0.05, 0) is 19.1 Å².